The third kappa shape index (κ3) is 3.23. The molecule has 1 atom stereocenters. The molecule has 2 heterocycles. The fraction of sp³-hybridized carbons (Fsp3) is 0.294. The smallest absolute Gasteiger partial charge is 0.254 e. The van der Waals surface area contributed by atoms with Gasteiger partial charge in [-0.25, -0.2) is 14.6 Å². The lowest BCUT2D eigenvalue weighted by molar-refractivity contribution is 0.0936. The van der Waals surface area contributed by atoms with Crippen molar-refractivity contribution in [2.45, 2.75) is 31.8 Å². The number of aromatic nitrogens is 6. The van der Waals surface area contributed by atoms with Gasteiger partial charge >= 0.3 is 0 Å². The summed E-state index contributed by atoms with van der Waals surface area (Å²) in [4.78, 5) is 21.0. The summed E-state index contributed by atoms with van der Waals surface area (Å²) < 4.78 is 1.79. The molecule has 0 bridgehead atoms. The van der Waals surface area contributed by atoms with E-state index in [0.717, 1.165) is 18.4 Å². The average Bonchev–Trinajstić information content (AvgIpc) is 3.38. The number of carbonyl (C=O) groups excluding carboxylic acids is 1. The summed E-state index contributed by atoms with van der Waals surface area (Å²) in [5.74, 6) is 0.998. The van der Waals surface area contributed by atoms with Crippen molar-refractivity contribution in [3.8, 4) is 11.4 Å². The van der Waals surface area contributed by atoms with Gasteiger partial charge in [0.1, 0.15) is 0 Å². The first-order valence-corrected chi connectivity index (χ1v) is 8.18. The molecule has 8 nitrogen and oxygen atoms in total. The van der Waals surface area contributed by atoms with Crippen LogP contribution in [0.1, 0.15) is 48.0 Å². The molecule has 1 aromatic carbocycles. The van der Waals surface area contributed by atoms with Crippen molar-refractivity contribution in [1.29, 1.82) is 0 Å². The number of rotatable bonds is 5. The molecule has 1 fully saturated rings. The molecule has 1 aliphatic carbocycles. The van der Waals surface area contributed by atoms with E-state index >= 15 is 0 Å². The molecule has 0 radical (unpaired) electrons. The maximum atomic E-state index is 12.4. The molecule has 0 aliphatic heterocycles. The molecule has 3 aromatic rings. The normalized spacial score (nSPS) is 14.9. The summed E-state index contributed by atoms with van der Waals surface area (Å²) in [5.41, 5.74) is 1.31. The van der Waals surface area contributed by atoms with Gasteiger partial charge in [0.15, 0.2) is 11.6 Å². The molecule has 0 saturated heterocycles. The van der Waals surface area contributed by atoms with E-state index in [1.165, 1.54) is 12.4 Å². The monoisotopic (exact) mass is 335 g/mol. The van der Waals surface area contributed by atoms with Crippen molar-refractivity contribution in [2.24, 2.45) is 0 Å². The second-order valence-electron chi connectivity index (χ2n) is 6.07. The Morgan fingerprint density at radius 1 is 1.20 bits per heavy atom. The Morgan fingerprint density at radius 2 is 1.92 bits per heavy atom. The van der Waals surface area contributed by atoms with Gasteiger partial charge in [-0.3, -0.25) is 4.79 Å². The number of carbonyl (C=O) groups is 1. The zero-order chi connectivity index (χ0) is 17.2. The number of tetrazole rings is 1. The van der Waals surface area contributed by atoms with Crippen LogP contribution in [0.15, 0.2) is 42.7 Å². The first kappa shape index (κ1) is 15.4. The van der Waals surface area contributed by atoms with E-state index in [1.807, 2.05) is 37.3 Å². The van der Waals surface area contributed by atoms with Crippen LogP contribution in [0.2, 0.25) is 0 Å². The van der Waals surface area contributed by atoms with Crippen LogP contribution in [-0.2, 0) is 0 Å². The summed E-state index contributed by atoms with van der Waals surface area (Å²) >= 11 is 0. The average molecular weight is 335 g/mol. The van der Waals surface area contributed by atoms with Crippen molar-refractivity contribution < 1.29 is 4.79 Å². The van der Waals surface area contributed by atoms with E-state index in [2.05, 4.69) is 30.8 Å². The van der Waals surface area contributed by atoms with Gasteiger partial charge in [0.2, 0.25) is 0 Å². The van der Waals surface area contributed by atoms with Gasteiger partial charge in [-0.15, -0.1) is 5.10 Å². The summed E-state index contributed by atoms with van der Waals surface area (Å²) in [6.45, 7) is 1.86. The first-order chi connectivity index (χ1) is 12.2. The molecular formula is C17H17N7O. The lowest BCUT2D eigenvalue weighted by atomic mass is 10.2. The van der Waals surface area contributed by atoms with Crippen molar-refractivity contribution >= 4 is 5.91 Å². The second kappa shape index (κ2) is 6.39. The number of nitrogens with one attached hydrogen (secondary N) is 1. The van der Waals surface area contributed by atoms with Gasteiger partial charge in [0, 0.05) is 18.0 Å². The van der Waals surface area contributed by atoms with E-state index in [0.29, 0.717) is 23.3 Å². The first-order valence-electron chi connectivity index (χ1n) is 8.18. The molecule has 1 aliphatic rings. The number of hydrogen-bond acceptors (Lipinski definition) is 6. The topological polar surface area (TPSA) is 98.5 Å². The highest BCUT2D eigenvalue weighted by molar-refractivity contribution is 5.93. The Kier molecular flexibility index (Phi) is 3.93. The van der Waals surface area contributed by atoms with Gasteiger partial charge in [-0.05, 0) is 30.2 Å². The second-order valence-corrected chi connectivity index (χ2v) is 6.07. The van der Waals surface area contributed by atoms with Crippen molar-refractivity contribution in [1.82, 2.24) is 35.5 Å². The summed E-state index contributed by atoms with van der Waals surface area (Å²) in [7, 11) is 0. The van der Waals surface area contributed by atoms with E-state index in [-0.39, 0.29) is 11.9 Å². The Hall–Kier alpha value is -3.16. The Balaban J connectivity index is 1.46. The fourth-order valence-corrected chi connectivity index (χ4v) is 2.59. The maximum absolute atomic E-state index is 12.4. The summed E-state index contributed by atoms with van der Waals surface area (Å²) in [6.07, 6.45) is 5.21. The summed E-state index contributed by atoms with van der Waals surface area (Å²) in [6, 6.07) is 9.69. The number of hydrogen-bond donors (Lipinski definition) is 1. The molecule has 25 heavy (non-hydrogen) atoms. The van der Waals surface area contributed by atoms with Gasteiger partial charge < -0.3 is 5.32 Å². The Morgan fingerprint density at radius 3 is 2.60 bits per heavy atom. The van der Waals surface area contributed by atoms with E-state index in [9.17, 15) is 4.79 Å². The molecule has 0 spiro atoms. The zero-order valence-electron chi connectivity index (χ0n) is 13.7. The highest BCUT2D eigenvalue weighted by Gasteiger charge is 2.30. The molecular weight excluding hydrogens is 318 g/mol. The predicted octanol–water partition coefficient (Wildman–Crippen LogP) is 1.96. The van der Waals surface area contributed by atoms with Gasteiger partial charge in [-0.2, -0.15) is 0 Å². The molecule has 4 rings (SSSR count). The zero-order valence-corrected chi connectivity index (χ0v) is 13.7. The fourth-order valence-electron chi connectivity index (χ4n) is 2.59. The highest BCUT2D eigenvalue weighted by atomic mass is 16.1. The minimum Gasteiger partial charge on any atom is -0.342 e. The van der Waals surface area contributed by atoms with Crippen LogP contribution in [0.3, 0.4) is 0 Å². The maximum Gasteiger partial charge on any atom is 0.254 e. The Bertz CT molecular complexity index is 872. The molecule has 2 aromatic heterocycles. The number of amides is 1. The Labute approximate surface area is 144 Å². The predicted molar refractivity (Wildman–Crippen MR) is 89.4 cm³/mol. The minimum atomic E-state index is -0.295. The van der Waals surface area contributed by atoms with E-state index < -0.39 is 0 Å². The number of benzene rings is 1. The van der Waals surface area contributed by atoms with E-state index in [4.69, 9.17) is 0 Å². The quantitative estimate of drug-likeness (QED) is 0.765. The largest absolute Gasteiger partial charge is 0.342 e. The molecule has 1 saturated carbocycles. The third-order valence-corrected chi connectivity index (χ3v) is 4.09. The lowest BCUT2D eigenvalue weighted by Gasteiger charge is -2.13. The third-order valence-electron chi connectivity index (χ3n) is 4.09. The SMILES string of the molecule is C[C@@H](NC(=O)c1cnc(-c2ccccc2)nc1)c1nnnn1C1CC1. The van der Waals surface area contributed by atoms with Crippen LogP contribution < -0.4 is 5.32 Å². The van der Waals surface area contributed by atoms with Crippen molar-refractivity contribution in [2.75, 3.05) is 0 Å². The van der Waals surface area contributed by atoms with Crippen molar-refractivity contribution in [3.63, 3.8) is 0 Å². The highest BCUT2D eigenvalue weighted by Crippen LogP contribution is 2.35. The van der Waals surface area contributed by atoms with Gasteiger partial charge in [-0.1, -0.05) is 30.3 Å². The van der Waals surface area contributed by atoms with Crippen LogP contribution in [0, 0.1) is 0 Å². The van der Waals surface area contributed by atoms with Crippen molar-refractivity contribution in [3.05, 3.63) is 54.1 Å². The van der Waals surface area contributed by atoms with Crippen LogP contribution in [0.4, 0.5) is 0 Å². The van der Waals surface area contributed by atoms with Crippen LogP contribution in [0.25, 0.3) is 11.4 Å². The van der Waals surface area contributed by atoms with Crippen LogP contribution >= 0.6 is 0 Å². The standard InChI is InChI=1S/C17H17N7O/c1-11(16-21-22-23-24(16)14-7-8-14)20-17(25)13-9-18-15(19-10-13)12-5-3-2-4-6-12/h2-6,9-11,14H,7-8H2,1H3,(H,20,25)/t11-/m1/s1. The van der Waals surface area contributed by atoms with Crippen LogP contribution in [-0.4, -0.2) is 36.1 Å². The van der Waals surface area contributed by atoms with Gasteiger partial charge in [0.05, 0.1) is 17.6 Å². The molecule has 1 N–H and O–H groups in total. The number of nitrogens with zero attached hydrogens (tertiary/aromatic N) is 6. The minimum absolute atomic E-state index is 0.252. The van der Waals surface area contributed by atoms with E-state index in [1.54, 1.807) is 4.68 Å². The molecule has 0 unspecified atom stereocenters. The molecule has 1 amide bonds. The van der Waals surface area contributed by atoms with Gasteiger partial charge in [0.25, 0.3) is 5.91 Å². The van der Waals surface area contributed by atoms with Crippen LogP contribution in [0.5, 0.6) is 0 Å². The molecule has 8 heteroatoms. The summed E-state index contributed by atoms with van der Waals surface area (Å²) in [5, 5.41) is 14.7. The lowest BCUT2D eigenvalue weighted by Crippen LogP contribution is -2.29. The molecule has 126 valence electrons.